The molecule has 120 valence electrons. The van der Waals surface area contributed by atoms with Crippen molar-refractivity contribution in [3.05, 3.63) is 39.3 Å². The van der Waals surface area contributed by atoms with Crippen molar-refractivity contribution in [2.24, 2.45) is 0 Å². The van der Waals surface area contributed by atoms with Crippen molar-refractivity contribution < 1.29 is 24.3 Å². The van der Waals surface area contributed by atoms with Crippen LogP contribution in [0.2, 0.25) is 0 Å². The number of quaternary nitrogens is 1. The minimum Gasteiger partial charge on any atom is -0.504 e. The van der Waals surface area contributed by atoms with E-state index in [1.807, 2.05) is 6.92 Å². The molecule has 1 aromatic rings. The number of nitrogens with one attached hydrogen (secondary N) is 1. The van der Waals surface area contributed by atoms with Crippen LogP contribution in [0.1, 0.15) is 19.4 Å². The van der Waals surface area contributed by atoms with E-state index in [0.29, 0.717) is 26.0 Å². The van der Waals surface area contributed by atoms with Crippen LogP contribution in [0.5, 0.6) is 11.5 Å². The van der Waals surface area contributed by atoms with Crippen molar-refractivity contribution in [3.8, 4) is 11.5 Å². The zero-order chi connectivity index (χ0) is 16.7. The first-order chi connectivity index (χ1) is 10.9. The van der Waals surface area contributed by atoms with Crippen LogP contribution >= 0.6 is 23.5 Å². The second kappa shape index (κ2) is 6.07. The number of allylic oxidation sites excluding steroid dienone is 2. The molecule has 0 saturated carbocycles. The number of hydrogen-bond acceptors (Lipinski definition) is 6. The molecule has 3 rings (SSSR count). The Hall–Kier alpha value is -1.70. The van der Waals surface area contributed by atoms with Crippen LogP contribution in [0, 0.1) is 0 Å². The number of carbonyl (C=O) groups is 2. The molecule has 1 saturated heterocycles. The van der Waals surface area contributed by atoms with Crippen molar-refractivity contribution in [2.45, 2.75) is 18.6 Å². The van der Waals surface area contributed by atoms with E-state index >= 15 is 0 Å². The lowest BCUT2D eigenvalue weighted by atomic mass is 10.1. The summed E-state index contributed by atoms with van der Waals surface area (Å²) in [5, 5.41) is 10.1. The van der Waals surface area contributed by atoms with Gasteiger partial charge in [-0.3, -0.25) is 4.79 Å². The minimum absolute atomic E-state index is 0.00114. The third-order valence-corrected chi connectivity index (χ3v) is 6.63. The van der Waals surface area contributed by atoms with E-state index in [-0.39, 0.29) is 22.1 Å². The molecule has 1 aromatic carbocycles. The van der Waals surface area contributed by atoms with Gasteiger partial charge in [0.15, 0.2) is 17.3 Å². The fourth-order valence-corrected chi connectivity index (χ4v) is 5.53. The lowest BCUT2D eigenvalue weighted by Gasteiger charge is -2.07. The Balaban J connectivity index is 1.94. The Bertz CT molecular complexity index is 769. The Morgan fingerprint density at radius 3 is 2.74 bits per heavy atom. The summed E-state index contributed by atoms with van der Waals surface area (Å²) in [5.41, 5.74) is 1.32. The molecule has 2 aliphatic heterocycles. The molecule has 7 heteroatoms. The van der Waals surface area contributed by atoms with Crippen LogP contribution in [0.15, 0.2) is 33.7 Å². The van der Waals surface area contributed by atoms with Gasteiger partial charge in [-0.2, -0.15) is 0 Å². The topological polar surface area (TPSA) is 68.0 Å². The predicted molar refractivity (Wildman–Crippen MR) is 91.0 cm³/mol. The second-order valence-electron chi connectivity index (χ2n) is 5.23. The second-order valence-corrected chi connectivity index (χ2v) is 7.79. The summed E-state index contributed by atoms with van der Waals surface area (Å²) in [5.74, 6) is 0.316. The molecule has 2 N–H and O–H groups in total. The van der Waals surface area contributed by atoms with Crippen molar-refractivity contribution in [1.82, 2.24) is 0 Å². The van der Waals surface area contributed by atoms with Crippen LogP contribution in [-0.4, -0.2) is 28.6 Å². The molecule has 0 spiro atoms. The standard InChI is InChI=1S/C16H15NO4S2/c1-8-14(9(2)18)23-16-17(8)15(20)12(22-16)7-10-5-4-6-11(21-3)13(10)19/h4-7,16,19H,1-3H3/p+1. The molecule has 23 heavy (non-hydrogen) atoms. The van der Waals surface area contributed by atoms with Crippen molar-refractivity contribution in [3.63, 3.8) is 0 Å². The molecule has 2 heterocycles. The first-order valence-electron chi connectivity index (χ1n) is 6.98. The van der Waals surface area contributed by atoms with E-state index in [1.54, 1.807) is 24.3 Å². The number of benzene rings is 1. The number of methoxy groups -OCH3 is 1. The molecule has 5 nitrogen and oxygen atoms in total. The highest BCUT2D eigenvalue weighted by atomic mass is 32.2. The number of hydrogen-bond donors (Lipinski definition) is 2. The summed E-state index contributed by atoms with van der Waals surface area (Å²) in [4.78, 5) is 26.2. The highest BCUT2D eigenvalue weighted by Crippen LogP contribution is 2.42. The molecule has 0 aromatic heterocycles. The number of ketones is 1. The predicted octanol–water partition coefficient (Wildman–Crippen LogP) is 1.75. The maximum absolute atomic E-state index is 12.6. The van der Waals surface area contributed by atoms with Gasteiger partial charge in [0.2, 0.25) is 4.71 Å². The van der Waals surface area contributed by atoms with Gasteiger partial charge in [0.05, 0.1) is 7.11 Å². The van der Waals surface area contributed by atoms with Crippen LogP contribution < -0.4 is 9.64 Å². The van der Waals surface area contributed by atoms with Gasteiger partial charge in [0.25, 0.3) is 0 Å². The summed E-state index contributed by atoms with van der Waals surface area (Å²) >= 11 is 2.86. The largest absolute Gasteiger partial charge is 0.504 e. The zero-order valence-electron chi connectivity index (χ0n) is 12.9. The first kappa shape index (κ1) is 16.2. The number of carbonyl (C=O) groups excluding carboxylic acids is 2. The number of aromatic hydroxyl groups is 1. The number of para-hydroxylation sites is 1. The Morgan fingerprint density at radius 2 is 2.13 bits per heavy atom. The summed E-state index contributed by atoms with van der Waals surface area (Å²) in [6.07, 6.45) is 1.68. The lowest BCUT2D eigenvalue weighted by Crippen LogP contribution is -3.12. The number of phenolic OH excluding ortho intramolecular Hbond substituents is 1. The number of ether oxygens (including phenoxy) is 1. The average Bonchev–Trinajstić information content (AvgIpc) is 2.99. The Kier molecular flexibility index (Phi) is 4.27. The third-order valence-electron chi connectivity index (χ3n) is 3.76. The molecule has 1 amide bonds. The van der Waals surface area contributed by atoms with E-state index in [4.69, 9.17) is 4.74 Å². The molecule has 0 radical (unpaired) electrons. The number of thioether (sulfide) groups is 2. The van der Waals surface area contributed by atoms with Gasteiger partial charge in [0.1, 0.15) is 15.5 Å². The molecule has 0 aliphatic carbocycles. The Labute approximate surface area is 142 Å². The van der Waals surface area contributed by atoms with Gasteiger partial charge in [0, 0.05) is 12.5 Å². The van der Waals surface area contributed by atoms with Crippen LogP contribution in [0.25, 0.3) is 6.08 Å². The first-order valence-corrected chi connectivity index (χ1v) is 8.74. The fraction of sp³-hybridized carbons (Fsp3) is 0.250. The maximum atomic E-state index is 12.6. The highest BCUT2D eigenvalue weighted by Gasteiger charge is 2.50. The SMILES string of the molecule is COc1cccc(C=C2SC3SC(C(C)=O)=C(C)[NH+]3C2=O)c1O. The third kappa shape index (κ3) is 2.69. The van der Waals surface area contributed by atoms with Crippen LogP contribution in [-0.2, 0) is 9.59 Å². The quantitative estimate of drug-likeness (QED) is 0.810. The number of rotatable bonds is 3. The van der Waals surface area contributed by atoms with Gasteiger partial charge in [-0.05, 0) is 42.6 Å². The van der Waals surface area contributed by atoms with Gasteiger partial charge >= 0.3 is 5.91 Å². The average molecular weight is 350 g/mol. The molecule has 0 bridgehead atoms. The monoisotopic (exact) mass is 350 g/mol. The maximum Gasteiger partial charge on any atom is 0.357 e. The molecule has 1 fully saturated rings. The normalized spacial score (nSPS) is 25.2. The van der Waals surface area contributed by atoms with E-state index < -0.39 is 0 Å². The molecule has 2 atom stereocenters. The van der Waals surface area contributed by atoms with Gasteiger partial charge in [-0.15, -0.1) is 0 Å². The van der Waals surface area contributed by atoms with Crippen LogP contribution in [0.3, 0.4) is 0 Å². The van der Waals surface area contributed by atoms with Crippen molar-refractivity contribution in [2.75, 3.05) is 7.11 Å². The number of Topliss-reactive ketones (excluding diaryl/α,β-unsaturated/α-hetero) is 1. The summed E-state index contributed by atoms with van der Waals surface area (Å²) in [6, 6.07) is 5.15. The molecular weight excluding hydrogens is 334 g/mol. The van der Waals surface area contributed by atoms with Crippen molar-refractivity contribution in [1.29, 1.82) is 0 Å². The zero-order valence-corrected chi connectivity index (χ0v) is 14.5. The number of fused-ring (bicyclic) bond motifs is 1. The van der Waals surface area contributed by atoms with Gasteiger partial charge < -0.3 is 9.84 Å². The Morgan fingerprint density at radius 1 is 1.39 bits per heavy atom. The number of phenols is 1. The van der Waals surface area contributed by atoms with E-state index in [0.717, 1.165) is 5.70 Å². The van der Waals surface area contributed by atoms with E-state index in [9.17, 15) is 14.7 Å². The van der Waals surface area contributed by atoms with Crippen LogP contribution in [0.4, 0.5) is 0 Å². The minimum atomic E-state index is -0.0691. The van der Waals surface area contributed by atoms with E-state index in [2.05, 4.69) is 0 Å². The summed E-state index contributed by atoms with van der Waals surface area (Å²) < 4.78 is 5.01. The summed E-state index contributed by atoms with van der Waals surface area (Å²) in [6.45, 7) is 3.34. The fourth-order valence-electron chi connectivity index (χ4n) is 2.62. The molecule has 2 aliphatic rings. The molecule has 2 unspecified atom stereocenters. The summed E-state index contributed by atoms with van der Waals surface area (Å²) in [7, 11) is 1.48. The van der Waals surface area contributed by atoms with Gasteiger partial charge in [-0.25, -0.2) is 9.69 Å². The van der Waals surface area contributed by atoms with Crippen molar-refractivity contribution >= 4 is 41.3 Å². The smallest absolute Gasteiger partial charge is 0.357 e. The van der Waals surface area contributed by atoms with Gasteiger partial charge in [-0.1, -0.05) is 12.1 Å². The lowest BCUT2D eigenvalue weighted by molar-refractivity contribution is -0.765. The number of amides is 1. The van der Waals surface area contributed by atoms with E-state index in [1.165, 1.54) is 37.6 Å². The molecular formula is C16H16NO4S2+. The highest BCUT2D eigenvalue weighted by molar-refractivity contribution is 8.21.